The van der Waals surface area contributed by atoms with Crippen molar-refractivity contribution in [3.8, 4) is 0 Å². The van der Waals surface area contributed by atoms with Gasteiger partial charge in [0.25, 0.3) is 0 Å². The Kier molecular flexibility index (Phi) is 4.37. The molecule has 1 N–H and O–H groups in total. The van der Waals surface area contributed by atoms with E-state index in [1.165, 1.54) is 29.5 Å². The summed E-state index contributed by atoms with van der Waals surface area (Å²) in [6.45, 7) is 2.57. The molecule has 122 valence electrons. The van der Waals surface area contributed by atoms with Gasteiger partial charge in [-0.25, -0.2) is 4.79 Å². The molecule has 5 heteroatoms. The Hall–Kier alpha value is -2.30. The summed E-state index contributed by atoms with van der Waals surface area (Å²) in [4.78, 5) is 14.1. The van der Waals surface area contributed by atoms with Gasteiger partial charge in [-0.05, 0) is 42.9 Å². The second kappa shape index (κ2) is 6.44. The van der Waals surface area contributed by atoms with Crippen molar-refractivity contribution in [2.24, 2.45) is 7.05 Å². The summed E-state index contributed by atoms with van der Waals surface area (Å²) >= 11 is 0. The fourth-order valence-corrected chi connectivity index (χ4v) is 3.09. The van der Waals surface area contributed by atoms with Crippen LogP contribution < -0.4 is 5.32 Å². The first-order chi connectivity index (χ1) is 11.0. The molecule has 1 aromatic heterocycles. The number of hydrogen-bond acceptors (Lipinski definition) is 2. The number of amides is 2. The van der Waals surface area contributed by atoms with E-state index in [4.69, 9.17) is 0 Å². The molecule has 0 saturated heterocycles. The molecule has 0 radical (unpaired) electrons. The van der Waals surface area contributed by atoms with Crippen molar-refractivity contribution in [3.05, 3.63) is 52.8 Å². The molecule has 5 nitrogen and oxygen atoms in total. The highest BCUT2D eigenvalue weighted by Crippen LogP contribution is 2.23. The molecule has 1 aromatic carbocycles. The van der Waals surface area contributed by atoms with Gasteiger partial charge in [-0.1, -0.05) is 18.2 Å². The van der Waals surface area contributed by atoms with Crippen LogP contribution in [0.2, 0.25) is 0 Å². The predicted molar refractivity (Wildman–Crippen MR) is 90.1 cm³/mol. The lowest BCUT2D eigenvalue weighted by Crippen LogP contribution is -2.38. The maximum atomic E-state index is 12.4. The Morgan fingerprint density at radius 3 is 2.91 bits per heavy atom. The number of rotatable bonds is 4. The van der Waals surface area contributed by atoms with Crippen LogP contribution in [0.1, 0.15) is 41.6 Å². The highest BCUT2D eigenvalue weighted by atomic mass is 16.2. The van der Waals surface area contributed by atoms with Crippen molar-refractivity contribution in [1.29, 1.82) is 0 Å². The minimum absolute atomic E-state index is 0.0104. The third kappa shape index (κ3) is 3.38. The van der Waals surface area contributed by atoms with E-state index in [2.05, 4.69) is 28.6 Å². The van der Waals surface area contributed by atoms with Gasteiger partial charge in [0.2, 0.25) is 0 Å². The molecule has 1 atom stereocenters. The van der Waals surface area contributed by atoms with Gasteiger partial charge in [0.05, 0.1) is 12.2 Å². The topological polar surface area (TPSA) is 50.2 Å². The monoisotopic (exact) mass is 312 g/mol. The molecule has 2 amide bonds. The molecule has 3 rings (SSSR count). The summed E-state index contributed by atoms with van der Waals surface area (Å²) in [5.74, 6) is 0. The minimum Gasteiger partial charge on any atom is -0.334 e. The smallest absolute Gasteiger partial charge is 0.317 e. The van der Waals surface area contributed by atoms with Gasteiger partial charge < -0.3 is 10.2 Å². The highest BCUT2D eigenvalue weighted by molar-refractivity contribution is 5.74. The van der Waals surface area contributed by atoms with E-state index in [0.29, 0.717) is 6.54 Å². The quantitative estimate of drug-likeness (QED) is 0.944. The van der Waals surface area contributed by atoms with E-state index in [1.807, 2.05) is 27.2 Å². The van der Waals surface area contributed by atoms with E-state index < -0.39 is 0 Å². The maximum absolute atomic E-state index is 12.4. The van der Waals surface area contributed by atoms with E-state index >= 15 is 0 Å². The molecule has 1 aliphatic carbocycles. The van der Waals surface area contributed by atoms with Crippen LogP contribution in [0.25, 0.3) is 0 Å². The Morgan fingerprint density at radius 2 is 2.17 bits per heavy atom. The van der Waals surface area contributed by atoms with Gasteiger partial charge in [-0.3, -0.25) is 4.68 Å². The fourth-order valence-electron chi connectivity index (χ4n) is 3.09. The average molecular weight is 312 g/mol. The van der Waals surface area contributed by atoms with Gasteiger partial charge in [0.1, 0.15) is 0 Å². The van der Waals surface area contributed by atoms with Crippen molar-refractivity contribution in [3.63, 3.8) is 0 Å². The Morgan fingerprint density at radius 1 is 1.39 bits per heavy atom. The van der Waals surface area contributed by atoms with Gasteiger partial charge in [-0.2, -0.15) is 5.10 Å². The zero-order valence-corrected chi connectivity index (χ0v) is 14.0. The van der Waals surface area contributed by atoms with E-state index in [0.717, 1.165) is 12.0 Å². The zero-order chi connectivity index (χ0) is 16.4. The number of fused-ring (bicyclic) bond motifs is 1. The van der Waals surface area contributed by atoms with Crippen LogP contribution in [0.3, 0.4) is 0 Å². The third-order valence-electron chi connectivity index (χ3n) is 4.72. The summed E-state index contributed by atoms with van der Waals surface area (Å²) in [5, 5.41) is 7.17. The molecule has 0 saturated carbocycles. The molecule has 0 aliphatic heterocycles. The van der Waals surface area contributed by atoms with E-state index in [9.17, 15) is 4.79 Å². The lowest BCUT2D eigenvalue weighted by atomic mass is 10.1. The van der Waals surface area contributed by atoms with Crippen LogP contribution in [-0.4, -0.2) is 27.8 Å². The molecular weight excluding hydrogens is 288 g/mol. The van der Waals surface area contributed by atoms with Crippen LogP contribution in [0.5, 0.6) is 0 Å². The minimum atomic E-state index is -0.0677. The Bertz CT molecular complexity index is 707. The number of carbonyl (C=O) groups is 1. The number of nitrogens with one attached hydrogen (secondary N) is 1. The van der Waals surface area contributed by atoms with E-state index in [1.54, 1.807) is 15.8 Å². The lowest BCUT2D eigenvalue weighted by molar-refractivity contribution is 0.194. The number of benzene rings is 1. The zero-order valence-electron chi connectivity index (χ0n) is 14.0. The lowest BCUT2D eigenvalue weighted by Gasteiger charge is -2.24. The molecule has 0 spiro atoms. The third-order valence-corrected chi connectivity index (χ3v) is 4.72. The largest absolute Gasteiger partial charge is 0.334 e. The maximum Gasteiger partial charge on any atom is 0.317 e. The van der Waals surface area contributed by atoms with E-state index in [-0.39, 0.29) is 12.1 Å². The molecular formula is C18H24N4O. The van der Waals surface area contributed by atoms with Crippen molar-refractivity contribution < 1.29 is 4.79 Å². The molecule has 1 heterocycles. The summed E-state index contributed by atoms with van der Waals surface area (Å²) in [6, 6.07) is 6.47. The van der Waals surface area contributed by atoms with Gasteiger partial charge in [0.15, 0.2) is 0 Å². The first kappa shape index (κ1) is 15.6. The average Bonchev–Trinajstić information content (AvgIpc) is 3.19. The van der Waals surface area contributed by atoms with Gasteiger partial charge in [0, 0.05) is 32.4 Å². The molecule has 1 unspecified atom stereocenters. The van der Waals surface area contributed by atoms with Crippen LogP contribution in [0, 0.1) is 0 Å². The number of nitrogens with zero attached hydrogens (tertiary/aromatic N) is 3. The summed E-state index contributed by atoms with van der Waals surface area (Å²) in [7, 11) is 3.69. The van der Waals surface area contributed by atoms with Crippen LogP contribution in [0.4, 0.5) is 4.79 Å². The highest BCUT2D eigenvalue weighted by Gasteiger charge is 2.18. The molecule has 23 heavy (non-hydrogen) atoms. The van der Waals surface area contributed by atoms with Crippen molar-refractivity contribution in [1.82, 2.24) is 20.0 Å². The standard InChI is InChI=1S/C18H24N4O/c1-13(17-11-20-21(2)12-17)22(3)18(23)19-10-14-7-8-15-5-4-6-16(15)9-14/h7-9,11-13H,4-6,10H2,1-3H3,(H,19,23). The van der Waals surface area contributed by atoms with Crippen molar-refractivity contribution in [2.75, 3.05) is 7.05 Å². The van der Waals surface area contributed by atoms with Gasteiger partial charge >= 0.3 is 6.03 Å². The first-order valence-electron chi connectivity index (χ1n) is 8.14. The normalized spacial score (nSPS) is 14.4. The Labute approximate surface area is 137 Å². The summed E-state index contributed by atoms with van der Waals surface area (Å²) < 4.78 is 1.75. The molecule has 2 aromatic rings. The molecule has 1 aliphatic rings. The van der Waals surface area contributed by atoms with Crippen LogP contribution >= 0.6 is 0 Å². The predicted octanol–water partition coefficient (Wildman–Crippen LogP) is 2.81. The van der Waals surface area contributed by atoms with Crippen molar-refractivity contribution >= 4 is 6.03 Å². The number of carbonyl (C=O) groups excluding carboxylic acids is 1. The SMILES string of the molecule is CC(c1cnn(C)c1)N(C)C(=O)NCc1ccc2c(c1)CCC2. The van der Waals surface area contributed by atoms with Crippen LogP contribution in [0.15, 0.2) is 30.6 Å². The number of urea groups is 1. The molecule has 0 fully saturated rings. The number of aromatic nitrogens is 2. The second-order valence-electron chi connectivity index (χ2n) is 6.35. The van der Waals surface area contributed by atoms with Crippen molar-refractivity contribution in [2.45, 2.75) is 38.8 Å². The molecule has 0 bridgehead atoms. The second-order valence-corrected chi connectivity index (χ2v) is 6.35. The summed E-state index contributed by atoms with van der Waals surface area (Å²) in [5.41, 5.74) is 5.10. The van der Waals surface area contributed by atoms with Gasteiger partial charge in [-0.15, -0.1) is 0 Å². The summed E-state index contributed by atoms with van der Waals surface area (Å²) in [6.07, 6.45) is 7.34. The number of aryl methyl sites for hydroxylation is 3. The fraction of sp³-hybridized carbons (Fsp3) is 0.444. The Balaban J connectivity index is 1.58. The van der Waals surface area contributed by atoms with Crippen LogP contribution in [-0.2, 0) is 26.4 Å². The first-order valence-corrected chi connectivity index (χ1v) is 8.14. The number of hydrogen-bond donors (Lipinski definition) is 1.